The van der Waals surface area contributed by atoms with Crippen molar-refractivity contribution in [2.75, 3.05) is 19.5 Å². The van der Waals surface area contributed by atoms with E-state index < -0.39 is 11.5 Å². The van der Waals surface area contributed by atoms with E-state index in [0.29, 0.717) is 22.4 Å². The molecule has 3 rings (SSSR count). The van der Waals surface area contributed by atoms with Gasteiger partial charge >= 0.3 is 5.63 Å². The van der Waals surface area contributed by atoms with Crippen LogP contribution in [0.1, 0.15) is 11.1 Å². The molecule has 0 aliphatic rings. The molecule has 0 aliphatic carbocycles. The van der Waals surface area contributed by atoms with Crippen LogP contribution < -0.4 is 20.4 Å². The first-order chi connectivity index (χ1) is 12.5. The lowest BCUT2D eigenvalue weighted by Gasteiger charge is -2.12. The number of aromatic nitrogens is 2. The lowest BCUT2D eigenvalue weighted by atomic mass is 10.0. The van der Waals surface area contributed by atoms with E-state index in [1.54, 1.807) is 25.1 Å². The van der Waals surface area contributed by atoms with Gasteiger partial charge in [0.15, 0.2) is 11.3 Å². The predicted octanol–water partition coefficient (Wildman–Crippen LogP) is 2.09. The van der Waals surface area contributed by atoms with Gasteiger partial charge in [0, 0.05) is 17.8 Å². The Balaban J connectivity index is 1.99. The Bertz CT molecular complexity index is 1010. The standard InChI is InChI=1S/C18H17N3O5/c1-10-11-5-6-13(24-2)16(25-3)15(11)26-17(23)12(10)9-14(22)21-18-19-7-4-8-20-18/h4-8H,9H2,1-3H3,(H,19,20,21,22). The Morgan fingerprint density at radius 1 is 1.19 bits per heavy atom. The number of rotatable bonds is 5. The van der Waals surface area contributed by atoms with Crippen LogP contribution in [0.3, 0.4) is 0 Å². The van der Waals surface area contributed by atoms with Gasteiger partial charge in [-0.1, -0.05) is 0 Å². The van der Waals surface area contributed by atoms with Crippen LogP contribution >= 0.6 is 0 Å². The summed E-state index contributed by atoms with van der Waals surface area (Å²) in [6.07, 6.45) is 2.87. The summed E-state index contributed by atoms with van der Waals surface area (Å²) in [7, 11) is 2.97. The molecule has 0 radical (unpaired) electrons. The summed E-state index contributed by atoms with van der Waals surface area (Å²) in [4.78, 5) is 32.5. The van der Waals surface area contributed by atoms with Crippen molar-refractivity contribution in [3.05, 3.63) is 52.1 Å². The highest BCUT2D eigenvalue weighted by Gasteiger charge is 2.19. The summed E-state index contributed by atoms with van der Waals surface area (Å²) in [5, 5.41) is 3.21. The minimum Gasteiger partial charge on any atom is -0.493 e. The number of nitrogens with zero attached hydrogens (tertiary/aromatic N) is 2. The Morgan fingerprint density at radius 3 is 2.58 bits per heavy atom. The molecule has 0 spiro atoms. The highest BCUT2D eigenvalue weighted by atomic mass is 16.5. The number of carbonyl (C=O) groups is 1. The zero-order valence-electron chi connectivity index (χ0n) is 14.5. The summed E-state index contributed by atoms with van der Waals surface area (Å²) in [5.41, 5.74) is 0.579. The summed E-state index contributed by atoms with van der Waals surface area (Å²) >= 11 is 0. The maximum Gasteiger partial charge on any atom is 0.340 e. The molecule has 26 heavy (non-hydrogen) atoms. The van der Waals surface area contributed by atoms with Crippen LogP contribution in [0.15, 0.2) is 39.8 Å². The molecule has 0 atom stereocenters. The number of amides is 1. The SMILES string of the molecule is COc1ccc2c(C)c(CC(=O)Nc3ncccn3)c(=O)oc2c1OC. The molecule has 2 aromatic heterocycles. The van der Waals surface area contributed by atoms with E-state index in [1.807, 2.05) is 0 Å². The van der Waals surface area contributed by atoms with E-state index in [-0.39, 0.29) is 23.5 Å². The number of hydrogen-bond donors (Lipinski definition) is 1. The summed E-state index contributed by atoms with van der Waals surface area (Å²) < 4.78 is 15.9. The Morgan fingerprint density at radius 2 is 1.92 bits per heavy atom. The van der Waals surface area contributed by atoms with Gasteiger partial charge in [-0.3, -0.25) is 10.1 Å². The van der Waals surface area contributed by atoms with Crippen molar-refractivity contribution < 1.29 is 18.7 Å². The predicted molar refractivity (Wildman–Crippen MR) is 94.7 cm³/mol. The van der Waals surface area contributed by atoms with E-state index in [0.717, 1.165) is 0 Å². The molecule has 3 aromatic rings. The fourth-order valence-electron chi connectivity index (χ4n) is 2.66. The molecule has 1 N–H and O–H groups in total. The fourth-order valence-corrected chi connectivity index (χ4v) is 2.66. The van der Waals surface area contributed by atoms with E-state index in [1.165, 1.54) is 26.6 Å². The molecule has 0 unspecified atom stereocenters. The highest BCUT2D eigenvalue weighted by molar-refractivity contribution is 5.93. The van der Waals surface area contributed by atoms with Gasteiger partial charge in [-0.15, -0.1) is 0 Å². The van der Waals surface area contributed by atoms with Crippen LogP contribution in [0.25, 0.3) is 11.0 Å². The molecule has 1 aromatic carbocycles. The minimum absolute atomic E-state index is 0.156. The van der Waals surface area contributed by atoms with Crippen molar-refractivity contribution in [3.63, 3.8) is 0 Å². The maximum absolute atomic E-state index is 12.4. The number of benzene rings is 1. The molecule has 8 heteroatoms. The highest BCUT2D eigenvalue weighted by Crippen LogP contribution is 2.36. The van der Waals surface area contributed by atoms with Crippen LogP contribution in [-0.4, -0.2) is 30.1 Å². The molecule has 134 valence electrons. The van der Waals surface area contributed by atoms with Crippen LogP contribution in [0.5, 0.6) is 11.5 Å². The first kappa shape index (κ1) is 17.4. The van der Waals surface area contributed by atoms with Crippen molar-refractivity contribution in [2.45, 2.75) is 13.3 Å². The van der Waals surface area contributed by atoms with Crippen molar-refractivity contribution in [3.8, 4) is 11.5 Å². The Kier molecular flexibility index (Phi) is 4.83. The topological polar surface area (TPSA) is 104 Å². The van der Waals surface area contributed by atoms with Gasteiger partial charge in [-0.25, -0.2) is 14.8 Å². The second-order valence-electron chi connectivity index (χ2n) is 5.47. The number of aryl methyl sites for hydroxylation is 1. The normalized spacial score (nSPS) is 10.6. The number of fused-ring (bicyclic) bond motifs is 1. The zero-order chi connectivity index (χ0) is 18.7. The monoisotopic (exact) mass is 355 g/mol. The number of carbonyl (C=O) groups excluding carboxylic acids is 1. The van der Waals surface area contributed by atoms with Gasteiger partial charge < -0.3 is 13.9 Å². The van der Waals surface area contributed by atoms with E-state index in [9.17, 15) is 9.59 Å². The van der Waals surface area contributed by atoms with E-state index in [4.69, 9.17) is 13.9 Å². The number of hydrogen-bond acceptors (Lipinski definition) is 7. The van der Waals surface area contributed by atoms with Crippen LogP contribution in [0.2, 0.25) is 0 Å². The molecule has 0 aliphatic heterocycles. The zero-order valence-corrected chi connectivity index (χ0v) is 14.5. The Hall–Kier alpha value is -3.42. The van der Waals surface area contributed by atoms with E-state index >= 15 is 0 Å². The van der Waals surface area contributed by atoms with Gasteiger partial charge in [-0.05, 0) is 30.7 Å². The maximum atomic E-state index is 12.4. The van der Waals surface area contributed by atoms with Gasteiger partial charge in [-0.2, -0.15) is 0 Å². The average molecular weight is 355 g/mol. The van der Waals surface area contributed by atoms with Crippen LogP contribution in [0, 0.1) is 6.92 Å². The molecular weight excluding hydrogens is 338 g/mol. The van der Waals surface area contributed by atoms with Crippen molar-refractivity contribution in [1.29, 1.82) is 0 Å². The molecule has 2 heterocycles. The summed E-state index contributed by atoms with van der Waals surface area (Å²) in [6.45, 7) is 1.76. The van der Waals surface area contributed by atoms with Gasteiger partial charge in [0.1, 0.15) is 0 Å². The molecule has 0 saturated heterocycles. The third-order valence-electron chi connectivity index (χ3n) is 3.95. The smallest absolute Gasteiger partial charge is 0.340 e. The summed E-state index contributed by atoms with van der Waals surface area (Å²) in [5.74, 6) is 0.548. The first-order valence-corrected chi connectivity index (χ1v) is 7.79. The quantitative estimate of drug-likeness (QED) is 0.699. The molecule has 0 bridgehead atoms. The van der Waals surface area contributed by atoms with Crippen LogP contribution in [0.4, 0.5) is 5.95 Å². The number of anilines is 1. The van der Waals surface area contributed by atoms with Crippen LogP contribution in [-0.2, 0) is 11.2 Å². The molecule has 8 nitrogen and oxygen atoms in total. The summed E-state index contributed by atoms with van der Waals surface area (Å²) in [6, 6.07) is 5.12. The largest absolute Gasteiger partial charge is 0.493 e. The molecular formula is C18H17N3O5. The second-order valence-corrected chi connectivity index (χ2v) is 5.47. The number of ether oxygens (including phenoxy) is 2. The van der Waals surface area contributed by atoms with Gasteiger partial charge in [0.05, 0.1) is 26.2 Å². The second kappa shape index (κ2) is 7.22. The molecule has 0 fully saturated rings. The van der Waals surface area contributed by atoms with Crippen molar-refractivity contribution in [1.82, 2.24) is 9.97 Å². The lowest BCUT2D eigenvalue weighted by Crippen LogP contribution is -2.21. The minimum atomic E-state index is -0.606. The van der Waals surface area contributed by atoms with Crippen molar-refractivity contribution >= 4 is 22.8 Å². The fraction of sp³-hybridized carbons (Fsp3) is 0.222. The number of nitrogens with one attached hydrogen (secondary N) is 1. The third-order valence-corrected chi connectivity index (χ3v) is 3.95. The third kappa shape index (κ3) is 3.21. The number of methoxy groups -OCH3 is 2. The molecule has 0 saturated carbocycles. The average Bonchev–Trinajstić information content (AvgIpc) is 2.65. The molecule has 1 amide bonds. The first-order valence-electron chi connectivity index (χ1n) is 7.79. The lowest BCUT2D eigenvalue weighted by molar-refractivity contribution is -0.115. The van der Waals surface area contributed by atoms with Gasteiger partial charge in [0.25, 0.3) is 0 Å². The Labute approximate surface area is 148 Å². The van der Waals surface area contributed by atoms with Gasteiger partial charge in [0.2, 0.25) is 17.6 Å². The van der Waals surface area contributed by atoms with Crippen molar-refractivity contribution in [2.24, 2.45) is 0 Å². The van der Waals surface area contributed by atoms with E-state index in [2.05, 4.69) is 15.3 Å².